The van der Waals surface area contributed by atoms with E-state index in [9.17, 15) is 14.4 Å². The van der Waals surface area contributed by atoms with Crippen molar-refractivity contribution in [1.82, 2.24) is 10.2 Å². The van der Waals surface area contributed by atoms with Crippen molar-refractivity contribution in [3.05, 3.63) is 35.9 Å². The molecule has 1 aliphatic rings. The first kappa shape index (κ1) is 20.7. The van der Waals surface area contributed by atoms with Gasteiger partial charge in [0.15, 0.2) is 0 Å². The fourth-order valence-electron chi connectivity index (χ4n) is 3.03. The molecule has 2 atom stereocenters. The Hall–Kier alpha value is -2.57. The van der Waals surface area contributed by atoms with Crippen molar-refractivity contribution in [2.75, 3.05) is 13.7 Å². The highest BCUT2D eigenvalue weighted by atomic mass is 16.6. The first-order valence-corrected chi connectivity index (χ1v) is 9.13. The molecule has 7 nitrogen and oxygen atoms in total. The van der Waals surface area contributed by atoms with Crippen LogP contribution < -0.4 is 5.32 Å². The van der Waals surface area contributed by atoms with Crippen molar-refractivity contribution in [3.8, 4) is 0 Å². The summed E-state index contributed by atoms with van der Waals surface area (Å²) in [5.41, 5.74) is 0.270. The SMILES string of the molecule is COC(=O)[C@@H](Cc1ccccc1)NC(=O)[C@H]1CCCN1C(=O)OC(C)(C)C. The van der Waals surface area contributed by atoms with E-state index >= 15 is 0 Å². The number of nitrogens with one attached hydrogen (secondary N) is 1. The fourth-order valence-corrected chi connectivity index (χ4v) is 3.03. The van der Waals surface area contributed by atoms with E-state index in [4.69, 9.17) is 9.47 Å². The van der Waals surface area contributed by atoms with Crippen LogP contribution in [0.15, 0.2) is 30.3 Å². The van der Waals surface area contributed by atoms with Crippen LogP contribution in [0.3, 0.4) is 0 Å². The van der Waals surface area contributed by atoms with Gasteiger partial charge in [0.2, 0.25) is 5.91 Å². The first-order valence-electron chi connectivity index (χ1n) is 9.13. The summed E-state index contributed by atoms with van der Waals surface area (Å²) in [5.74, 6) is -0.890. The minimum Gasteiger partial charge on any atom is -0.467 e. The van der Waals surface area contributed by atoms with E-state index in [1.807, 2.05) is 30.3 Å². The summed E-state index contributed by atoms with van der Waals surface area (Å²) in [6.07, 6.45) is 1.04. The summed E-state index contributed by atoms with van der Waals surface area (Å²) >= 11 is 0. The molecule has 7 heteroatoms. The number of hydrogen-bond acceptors (Lipinski definition) is 5. The summed E-state index contributed by atoms with van der Waals surface area (Å²) in [6.45, 7) is 5.80. The van der Waals surface area contributed by atoms with E-state index in [-0.39, 0.29) is 5.91 Å². The van der Waals surface area contributed by atoms with Gasteiger partial charge in [-0.3, -0.25) is 9.69 Å². The van der Waals surface area contributed by atoms with Gasteiger partial charge in [0.25, 0.3) is 0 Å². The lowest BCUT2D eigenvalue weighted by Crippen LogP contribution is -2.52. The largest absolute Gasteiger partial charge is 0.467 e. The normalized spacial score (nSPS) is 17.9. The van der Waals surface area contributed by atoms with Gasteiger partial charge in [0, 0.05) is 13.0 Å². The Labute approximate surface area is 160 Å². The zero-order valence-electron chi connectivity index (χ0n) is 16.4. The van der Waals surface area contributed by atoms with E-state index < -0.39 is 29.7 Å². The molecule has 0 aromatic heterocycles. The van der Waals surface area contributed by atoms with Gasteiger partial charge in [0.05, 0.1) is 7.11 Å². The van der Waals surface area contributed by atoms with Crippen molar-refractivity contribution in [1.29, 1.82) is 0 Å². The Morgan fingerprint density at radius 1 is 1.22 bits per heavy atom. The Morgan fingerprint density at radius 2 is 1.89 bits per heavy atom. The van der Waals surface area contributed by atoms with Gasteiger partial charge in [-0.2, -0.15) is 0 Å². The van der Waals surface area contributed by atoms with Crippen LogP contribution in [0.1, 0.15) is 39.2 Å². The fraction of sp³-hybridized carbons (Fsp3) is 0.550. The summed E-state index contributed by atoms with van der Waals surface area (Å²) in [5, 5.41) is 2.74. The van der Waals surface area contributed by atoms with Crippen molar-refractivity contribution in [3.63, 3.8) is 0 Å². The number of nitrogens with zero attached hydrogens (tertiary/aromatic N) is 1. The van der Waals surface area contributed by atoms with E-state index in [1.165, 1.54) is 12.0 Å². The molecule has 0 unspecified atom stereocenters. The topological polar surface area (TPSA) is 84.9 Å². The zero-order chi connectivity index (χ0) is 20.0. The van der Waals surface area contributed by atoms with Gasteiger partial charge in [-0.1, -0.05) is 30.3 Å². The maximum atomic E-state index is 12.8. The molecule has 1 aromatic rings. The quantitative estimate of drug-likeness (QED) is 0.797. The van der Waals surface area contributed by atoms with Gasteiger partial charge in [0.1, 0.15) is 17.7 Å². The third kappa shape index (κ3) is 5.98. The van der Waals surface area contributed by atoms with Crippen LogP contribution in [0.25, 0.3) is 0 Å². The molecule has 0 radical (unpaired) electrons. The molecule has 0 aliphatic carbocycles. The van der Waals surface area contributed by atoms with Gasteiger partial charge in [-0.25, -0.2) is 9.59 Å². The maximum absolute atomic E-state index is 12.8. The zero-order valence-corrected chi connectivity index (χ0v) is 16.4. The number of ether oxygens (including phenoxy) is 2. The summed E-state index contributed by atoms with van der Waals surface area (Å²) in [4.78, 5) is 38.7. The second-order valence-corrected chi connectivity index (χ2v) is 7.61. The Bertz CT molecular complexity index is 669. The number of rotatable bonds is 5. The summed E-state index contributed by atoms with van der Waals surface area (Å²) in [6, 6.07) is 7.91. The average molecular weight is 376 g/mol. The third-order valence-electron chi connectivity index (χ3n) is 4.27. The molecule has 27 heavy (non-hydrogen) atoms. The molecule has 0 saturated carbocycles. The van der Waals surface area contributed by atoms with Crippen LogP contribution in [0.4, 0.5) is 4.79 Å². The predicted octanol–water partition coefficient (Wildman–Crippen LogP) is 2.29. The molecule has 1 aromatic carbocycles. The van der Waals surface area contributed by atoms with E-state index in [0.717, 1.165) is 5.56 Å². The predicted molar refractivity (Wildman–Crippen MR) is 100 cm³/mol. The Kier molecular flexibility index (Phi) is 6.82. The number of benzene rings is 1. The third-order valence-corrected chi connectivity index (χ3v) is 4.27. The summed E-state index contributed by atoms with van der Waals surface area (Å²) < 4.78 is 10.2. The number of amides is 2. The molecule has 148 valence electrons. The Morgan fingerprint density at radius 3 is 2.48 bits per heavy atom. The van der Waals surface area contributed by atoms with Crippen molar-refractivity contribution < 1.29 is 23.9 Å². The van der Waals surface area contributed by atoms with Gasteiger partial charge in [-0.15, -0.1) is 0 Å². The van der Waals surface area contributed by atoms with Crippen LogP contribution in [0.5, 0.6) is 0 Å². The van der Waals surface area contributed by atoms with Crippen molar-refractivity contribution >= 4 is 18.0 Å². The molecule has 0 bridgehead atoms. The maximum Gasteiger partial charge on any atom is 0.410 e. The van der Waals surface area contributed by atoms with Crippen LogP contribution in [0.2, 0.25) is 0 Å². The van der Waals surface area contributed by atoms with Crippen LogP contribution in [0, 0.1) is 0 Å². The van der Waals surface area contributed by atoms with Gasteiger partial charge >= 0.3 is 12.1 Å². The number of carbonyl (C=O) groups excluding carboxylic acids is 3. The molecule has 1 heterocycles. The molecule has 1 aliphatic heterocycles. The molecular formula is C20H28N2O5. The number of hydrogen-bond donors (Lipinski definition) is 1. The number of carbonyl (C=O) groups is 3. The van der Waals surface area contributed by atoms with Gasteiger partial charge < -0.3 is 14.8 Å². The van der Waals surface area contributed by atoms with Gasteiger partial charge in [-0.05, 0) is 39.2 Å². The molecule has 2 rings (SSSR count). The minimum absolute atomic E-state index is 0.318. The number of likely N-dealkylation sites (tertiary alicyclic amines) is 1. The second kappa shape index (κ2) is 8.88. The molecule has 1 saturated heterocycles. The molecular weight excluding hydrogens is 348 g/mol. The second-order valence-electron chi connectivity index (χ2n) is 7.61. The molecule has 1 fully saturated rings. The lowest BCUT2D eigenvalue weighted by Gasteiger charge is -2.28. The monoisotopic (exact) mass is 376 g/mol. The first-order chi connectivity index (χ1) is 12.7. The van der Waals surface area contributed by atoms with E-state index in [0.29, 0.717) is 25.8 Å². The lowest BCUT2D eigenvalue weighted by atomic mass is 10.1. The van der Waals surface area contributed by atoms with Crippen molar-refractivity contribution in [2.24, 2.45) is 0 Å². The number of methoxy groups -OCH3 is 1. The highest BCUT2D eigenvalue weighted by molar-refractivity contribution is 5.90. The minimum atomic E-state index is -0.814. The van der Waals surface area contributed by atoms with Crippen molar-refractivity contribution in [2.45, 2.75) is 57.7 Å². The van der Waals surface area contributed by atoms with E-state index in [2.05, 4.69) is 5.32 Å². The summed E-state index contributed by atoms with van der Waals surface area (Å²) in [7, 11) is 1.29. The highest BCUT2D eigenvalue weighted by Crippen LogP contribution is 2.21. The Balaban J connectivity index is 2.06. The highest BCUT2D eigenvalue weighted by Gasteiger charge is 2.38. The van der Waals surface area contributed by atoms with E-state index in [1.54, 1.807) is 20.8 Å². The van der Waals surface area contributed by atoms with Crippen LogP contribution >= 0.6 is 0 Å². The van der Waals surface area contributed by atoms with Crippen LogP contribution in [-0.2, 0) is 25.5 Å². The molecule has 2 amide bonds. The lowest BCUT2D eigenvalue weighted by molar-refractivity contribution is -0.145. The standard InChI is InChI=1S/C20H28N2O5/c1-20(2,3)27-19(25)22-12-8-11-16(22)17(23)21-15(18(24)26-4)13-14-9-6-5-7-10-14/h5-7,9-10,15-16H,8,11-13H2,1-4H3,(H,21,23)/t15-,16-/m1/s1. The molecule has 0 spiro atoms. The number of esters is 1. The smallest absolute Gasteiger partial charge is 0.410 e. The average Bonchev–Trinajstić information content (AvgIpc) is 3.10. The molecule has 1 N–H and O–H groups in total. The van der Waals surface area contributed by atoms with Crippen LogP contribution in [-0.4, -0.2) is 54.2 Å².